The Morgan fingerprint density at radius 1 is 0.316 bits per heavy atom. The number of nitriles is 4. The van der Waals surface area contributed by atoms with E-state index in [9.17, 15) is 21.0 Å². The average molecular weight is 1000 g/mol. The zero-order chi connectivity index (χ0) is 52.7. The van der Waals surface area contributed by atoms with Crippen LogP contribution in [0.2, 0.25) is 0 Å². The fraction of sp³-hybridized carbons (Fsp3) is 0.0411. The molecule has 6 heteroatoms. The quantitative estimate of drug-likeness (QED) is 0.175. The Labute approximate surface area is 456 Å². The highest BCUT2D eigenvalue weighted by molar-refractivity contribution is 6.12. The van der Waals surface area contributed by atoms with Crippen LogP contribution >= 0.6 is 0 Å². The molecule has 16 rings (SSSR count). The fourth-order valence-corrected chi connectivity index (χ4v) is 14.3. The third kappa shape index (κ3) is 6.01. The molecule has 0 fully saturated rings. The molecule has 0 atom stereocenters. The van der Waals surface area contributed by atoms with E-state index in [-0.39, 0.29) is 11.8 Å². The molecule has 0 radical (unpaired) electrons. The second kappa shape index (κ2) is 16.5. The predicted molar refractivity (Wildman–Crippen MR) is 311 cm³/mol. The highest BCUT2D eigenvalue weighted by atomic mass is 15.2. The Kier molecular flexibility index (Phi) is 9.24. The van der Waals surface area contributed by atoms with Gasteiger partial charge in [-0.2, -0.15) is 21.0 Å². The van der Waals surface area contributed by atoms with Gasteiger partial charge in [0.2, 0.25) is 0 Å². The molecule has 0 unspecified atom stereocenters. The van der Waals surface area contributed by atoms with E-state index in [0.717, 1.165) is 100 Å². The molecular formula is C73H40N6. The molecule has 1 aromatic heterocycles. The van der Waals surface area contributed by atoms with Gasteiger partial charge in [-0.3, -0.25) is 0 Å². The fourth-order valence-electron chi connectivity index (χ4n) is 14.3. The van der Waals surface area contributed by atoms with E-state index in [1.165, 1.54) is 33.4 Å². The van der Waals surface area contributed by atoms with Crippen LogP contribution in [-0.4, -0.2) is 4.57 Å². The topological polar surface area (TPSA) is 103 Å². The van der Waals surface area contributed by atoms with Gasteiger partial charge in [0, 0.05) is 34.0 Å². The van der Waals surface area contributed by atoms with Crippen molar-refractivity contribution in [3.63, 3.8) is 0 Å². The van der Waals surface area contributed by atoms with Crippen molar-refractivity contribution in [3.8, 4) is 63.3 Å². The van der Waals surface area contributed by atoms with Crippen LogP contribution in [0.4, 0.5) is 17.1 Å². The van der Waals surface area contributed by atoms with Gasteiger partial charge in [-0.25, -0.2) is 0 Å². The highest BCUT2D eigenvalue weighted by Crippen LogP contribution is 2.64. The van der Waals surface area contributed by atoms with Crippen LogP contribution in [-0.2, 0) is 5.41 Å². The summed E-state index contributed by atoms with van der Waals surface area (Å²) < 4.78 is 2.45. The SMILES string of the molecule is N#Cc1ccc2c(c1)-c1cc(C#N)ccc1C2c1cc(C2c3ccc(C#N)cc3-c3cc(C#N)ccc32)cc(-n2c3ccccc3c3cc4c(cc32)-c2ccccc2C42c3ccccc3N(c3ccccc3)c3ccccc32)c1. The largest absolute Gasteiger partial charge is 0.310 e. The Morgan fingerprint density at radius 2 is 0.772 bits per heavy atom. The van der Waals surface area contributed by atoms with Crippen molar-refractivity contribution in [2.75, 3.05) is 4.90 Å². The third-order valence-corrected chi connectivity index (χ3v) is 17.4. The molecule has 1 spiro atoms. The second-order valence-corrected chi connectivity index (χ2v) is 21.1. The number of para-hydroxylation sites is 4. The first kappa shape index (κ1) is 44.3. The minimum absolute atomic E-state index is 0.238. The molecule has 0 amide bonds. The predicted octanol–water partition coefficient (Wildman–Crippen LogP) is 16.7. The maximum Gasteiger partial charge on any atom is 0.0991 e. The molecule has 0 N–H and O–H groups in total. The first-order valence-electron chi connectivity index (χ1n) is 26.5. The summed E-state index contributed by atoms with van der Waals surface area (Å²) in [6, 6.07) is 91.5. The smallest absolute Gasteiger partial charge is 0.0991 e. The van der Waals surface area contributed by atoms with Crippen LogP contribution in [0.25, 0.3) is 60.9 Å². The first-order valence-corrected chi connectivity index (χ1v) is 26.5. The summed E-state index contributed by atoms with van der Waals surface area (Å²) in [6.45, 7) is 0. The van der Waals surface area contributed by atoms with E-state index < -0.39 is 5.41 Å². The molecular weight excluding hydrogens is 961 g/mol. The van der Waals surface area contributed by atoms with Crippen LogP contribution in [0.15, 0.2) is 231 Å². The number of aromatic nitrogens is 1. The molecule has 362 valence electrons. The van der Waals surface area contributed by atoms with E-state index in [0.29, 0.717) is 22.3 Å². The van der Waals surface area contributed by atoms with Crippen molar-refractivity contribution in [2.45, 2.75) is 17.3 Å². The molecule has 2 heterocycles. The van der Waals surface area contributed by atoms with E-state index >= 15 is 0 Å². The number of nitrogens with zero attached hydrogens (tertiary/aromatic N) is 6. The monoisotopic (exact) mass is 1000 g/mol. The molecule has 4 aliphatic rings. The summed E-state index contributed by atoms with van der Waals surface area (Å²) in [6.07, 6.45) is 0. The van der Waals surface area contributed by atoms with Crippen molar-refractivity contribution >= 4 is 38.9 Å². The van der Waals surface area contributed by atoms with Crippen LogP contribution in [0.1, 0.15) is 89.7 Å². The lowest BCUT2D eigenvalue weighted by Gasteiger charge is -2.45. The van der Waals surface area contributed by atoms with Crippen LogP contribution in [0.5, 0.6) is 0 Å². The van der Waals surface area contributed by atoms with Crippen LogP contribution in [0.3, 0.4) is 0 Å². The Hall–Kier alpha value is -11.0. The lowest BCUT2D eigenvalue weighted by Crippen LogP contribution is -2.36. The van der Waals surface area contributed by atoms with Gasteiger partial charge in [-0.15, -0.1) is 0 Å². The maximum atomic E-state index is 10.2. The molecule has 12 aromatic rings. The van der Waals surface area contributed by atoms with Gasteiger partial charge < -0.3 is 9.47 Å². The lowest BCUT2D eigenvalue weighted by molar-refractivity contribution is 0.753. The standard InChI is InChI=1S/C73H40N6/c74-39-43-22-26-53-57(30-43)58-31-44(40-75)23-27-54(58)71(53)47-34-48(72-55-28-24-45(41-76)32-59(55)60-33-46(42-77)25-29-56(60)72)36-50(35-47)79-67-19-9-5-15-52(67)62-37-66-61(38-70(62)79)51-14-4-6-16-63(51)73(66)64-17-7-10-20-68(64)78(49-12-2-1-3-13-49)69-21-11-8-18-65(69)73/h1-38,71-72H. The first-order chi connectivity index (χ1) is 39.0. The Morgan fingerprint density at radius 3 is 1.29 bits per heavy atom. The summed E-state index contributed by atoms with van der Waals surface area (Å²) >= 11 is 0. The van der Waals surface area contributed by atoms with Gasteiger partial charge >= 0.3 is 0 Å². The second-order valence-electron chi connectivity index (χ2n) is 21.1. The van der Waals surface area contributed by atoms with Crippen LogP contribution in [0, 0.1) is 45.3 Å². The average Bonchev–Trinajstić information content (AvgIpc) is 4.04. The number of anilines is 3. The third-order valence-electron chi connectivity index (χ3n) is 17.4. The summed E-state index contributed by atoms with van der Waals surface area (Å²) in [5, 5.41) is 43.0. The zero-order valence-corrected chi connectivity index (χ0v) is 42.3. The van der Waals surface area contributed by atoms with Crippen molar-refractivity contribution < 1.29 is 0 Å². The summed E-state index contributed by atoms with van der Waals surface area (Å²) in [5.41, 5.74) is 25.7. The van der Waals surface area contributed by atoms with E-state index in [1.807, 2.05) is 48.5 Å². The van der Waals surface area contributed by atoms with E-state index in [2.05, 4.69) is 216 Å². The van der Waals surface area contributed by atoms with Gasteiger partial charge in [-0.05, 0) is 192 Å². The summed E-state index contributed by atoms with van der Waals surface area (Å²) in [7, 11) is 0. The van der Waals surface area contributed by atoms with Crippen LogP contribution < -0.4 is 4.90 Å². The molecule has 1 aliphatic heterocycles. The van der Waals surface area contributed by atoms with E-state index in [4.69, 9.17) is 0 Å². The van der Waals surface area contributed by atoms with Gasteiger partial charge in [0.15, 0.2) is 0 Å². The number of benzene rings is 11. The van der Waals surface area contributed by atoms with Gasteiger partial charge in [0.1, 0.15) is 0 Å². The van der Waals surface area contributed by atoms with Crippen molar-refractivity contribution in [1.29, 1.82) is 21.0 Å². The van der Waals surface area contributed by atoms with Gasteiger partial charge in [0.25, 0.3) is 0 Å². The maximum absolute atomic E-state index is 10.2. The number of hydrogen-bond acceptors (Lipinski definition) is 5. The molecule has 0 saturated carbocycles. The van der Waals surface area contributed by atoms with Gasteiger partial charge in [0.05, 0.1) is 74.4 Å². The molecule has 3 aliphatic carbocycles. The molecule has 79 heavy (non-hydrogen) atoms. The normalized spacial score (nSPS) is 13.7. The molecule has 0 bridgehead atoms. The van der Waals surface area contributed by atoms with E-state index in [1.54, 1.807) is 0 Å². The minimum Gasteiger partial charge on any atom is -0.310 e. The zero-order valence-electron chi connectivity index (χ0n) is 42.3. The summed E-state index contributed by atoms with van der Waals surface area (Å²) in [4.78, 5) is 2.42. The van der Waals surface area contributed by atoms with Gasteiger partial charge in [-0.1, -0.05) is 127 Å². The lowest BCUT2D eigenvalue weighted by atomic mass is 9.64. The van der Waals surface area contributed by atoms with Crippen molar-refractivity contribution in [1.82, 2.24) is 4.57 Å². The van der Waals surface area contributed by atoms with Crippen molar-refractivity contribution in [3.05, 3.63) is 308 Å². The molecule has 11 aromatic carbocycles. The molecule has 6 nitrogen and oxygen atoms in total. The number of fused-ring (bicyclic) bond motifs is 18. The number of rotatable bonds is 4. The minimum atomic E-state index is -0.644. The highest BCUT2D eigenvalue weighted by Gasteiger charge is 2.52. The molecule has 0 saturated heterocycles. The number of hydrogen-bond donors (Lipinski definition) is 0. The summed E-state index contributed by atoms with van der Waals surface area (Å²) in [5.74, 6) is -0.477. The Balaban J connectivity index is 0.992. The Bertz CT molecular complexity index is 4550. The van der Waals surface area contributed by atoms with Crippen molar-refractivity contribution in [2.24, 2.45) is 0 Å².